The van der Waals surface area contributed by atoms with Crippen molar-refractivity contribution in [2.45, 2.75) is 89.3 Å². The van der Waals surface area contributed by atoms with Crippen molar-refractivity contribution in [3.8, 4) is 44.5 Å². The zero-order chi connectivity index (χ0) is 65.6. The number of aromatic nitrogens is 8. The molecule has 0 saturated carbocycles. The van der Waals surface area contributed by atoms with Gasteiger partial charge in [0.25, 0.3) is 23.6 Å². The molecule has 93 heavy (non-hydrogen) atoms. The molecule has 0 aromatic carbocycles. The second-order valence-corrected chi connectivity index (χ2v) is 21.9. The third-order valence-corrected chi connectivity index (χ3v) is 14.8. The smallest absolute Gasteiger partial charge is 0.253 e. The largest absolute Gasteiger partial charge is 0.354 e. The summed E-state index contributed by atoms with van der Waals surface area (Å²) in [6, 6.07) is 18.0. The normalized spacial score (nSPS) is 11.8. The van der Waals surface area contributed by atoms with Crippen LogP contribution in [0, 0.1) is 0 Å². The molecule has 8 aromatic rings. The summed E-state index contributed by atoms with van der Waals surface area (Å²) in [7, 11) is 0. The fraction of sp³-hybridized carbons (Fsp3) is 0.275. The topological polar surface area (TPSA) is 336 Å². The summed E-state index contributed by atoms with van der Waals surface area (Å²) in [4.78, 5) is 143. The minimum Gasteiger partial charge on any atom is -0.354 e. The Balaban J connectivity index is 0.912. The van der Waals surface area contributed by atoms with Gasteiger partial charge in [0, 0.05) is 182 Å². The van der Waals surface area contributed by atoms with Crippen LogP contribution in [0.2, 0.25) is 0 Å². The number of hydrogen-bond donors (Lipinski definition) is 8. The second kappa shape index (κ2) is 35.8. The van der Waals surface area contributed by atoms with Gasteiger partial charge in [0.1, 0.15) is 18.1 Å². The summed E-state index contributed by atoms with van der Waals surface area (Å²) in [5.74, 6) is -3.74. The predicted molar refractivity (Wildman–Crippen MR) is 349 cm³/mol. The van der Waals surface area contributed by atoms with Crippen molar-refractivity contribution < 1.29 is 38.4 Å². The zero-order valence-corrected chi connectivity index (χ0v) is 51.6. The van der Waals surface area contributed by atoms with Gasteiger partial charge in [-0.2, -0.15) is 0 Å². The lowest BCUT2D eigenvalue weighted by molar-refractivity contribution is -0.130. The van der Waals surface area contributed by atoms with Crippen LogP contribution in [0.4, 0.5) is 0 Å². The Hall–Kier alpha value is -11.3. The summed E-state index contributed by atoms with van der Waals surface area (Å²) in [5.41, 5.74) is 7.27. The van der Waals surface area contributed by atoms with Gasteiger partial charge in [0.05, 0.1) is 22.3 Å². The molecule has 0 bridgehead atoms. The van der Waals surface area contributed by atoms with E-state index in [2.05, 4.69) is 89.0 Å². The van der Waals surface area contributed by atoms with E-state index in [9.17, 15) is 38.4 Å². The van der Waals surface area contributed by atoms with Gasteiger partial charge in [-0.3, -0.25) is 78.2 Å². The maximum atomic E-state index is 14.6. The summed E-state index contributed by atoms with van der Waals surface area (Å²) in [6.45, 7) is 6.28. The Labute approximate surface area is 538 Å². The van der Waals surface area contributed by atoms with Crippen LogP contribution in [-0.2, 0) is 19.2 Å². The van der Waals surface area contributed by atoms with Crippen LogP contribution in [0.1, 0.15) is 113 Å². The Morgan fingerprint density at radius 1 is 0.333 bits per heavy atom. The Morgan fingerprint density at radius 2 is 0.634 bits per heavy atom. The van der Waals surface area contributed by atoms with E-state index in [1.54, 1.807) is 130 Å². The molecule has 3 unspecified atom stereocenters. The van der Waals surface area contributed by atoms with E-state index in [1.807, 2.05) is 24.3 Å². The van der Waals surface area contributed by atoms with Crippen molar-refractivity contribution in [2.24, 2.45) is 0 Å². The molecule has 8 N–H and O–H groups in total. The van der Waals surface area contributed by atoms with Crippen molar-refractivity contribution in [3.05, 3.63) is 206 Å². The van der Waals surface area contributed by atoms with Crippen LogP contribution in [0.25, 0.3) is 44.5 Å². The highest BCUT2D eigenvalue weighted by Crippen LogP contribution is 2.22. The summed E-state index contributed by atoms with van der Waals surface area (Å²) < 4.78 is 0. The molecule has 0 saturated heterocycles. The van der Waals surface area contributed by atoms with Crippen molar-refractivity contribution in [1.82, 2.24) is 82.4 Å². The fourth-order valence-corrected chi connectivity index (χ4v) is 9.72. The van der Waals surface area contributed by atoms with Crippen LogP contribution in [0.15, 0.2) is 184 Å². The molecule has 3 atom stereocenters. The van der Waals surface area contributed by atoms with E-state index in [1.165, 1.54) is 24.8 Å². The van der Waals surface area contributed by atoms with Gasteiger partial charge in [-0.05, 0) is 120 Å². The summed E-state index contributed by atoms with van der Waals surface area (Å²) in [6.07, 6.45) is 28.6. The quantitative estimate of drug-likeness (QED) is 0.0156. The second-order valence-electron chi connectivity index (χ2n) is 21.9. The number of pyridine rings is 8. The first-order valence-electron chi connectivity index (χ1n) is 30.7. The van der Waals surface area contributed by atoms with E-state index in [0.717, 1.165) is 33.4 Å². The van der Waals surface area contributed by atoms with Crippen molar-refractivity contribution in [3.63, 3.8) is 0 Å². The third-order valence-electron chi connectivity index (χ3n) is 14.8. The predicted octanol–water partition coefficient (Wildman–Crippen LogP) is 6.58. The molecule has 8 rings (SSSR count). The lowest BCUT2D eigenvalue weighted by Gasteiger charge is -2.24. The number of amides is 8. The monoisotopic (exact) mass is 1250 g/mol. The Bertz CT molecular complexity index is 3830. The highest BCUT2D eigenvalue weighted by Gasteiger charge is 2.28. The van der Waals surface area contributed by atoms with Gasteiger partial charge < -0.3 is 42.5 Å². The number of carbonyl (C=O) groups is 8. The molecule has 0 spiro atoms. The molecule has 0 aliphatic rings. The first-order valence-corrected chi connectivity index (χ1v) is 30.7. The maximum Gasteiger partial charge on any atom is 0.253 e. The van der Waals surface area contributed by atoms with Crippen molar-refractivity contribution in [2.75, 3.05) is 32.7 Å². The van der Waals surface area contributed by atoms with Crippen LogP contribution in [0.5, 0.6) is 0 Å². The SMILES string of the molecule is C=C(C)C(=O)NCCCNC(=O)C(CCCCNC(=O)C(CCCCNC(=O)c1cncc(-c2cccnc2)c1)NC(=O)c1cncc(-c2cccnc2)c1)NC(=O)C(CCCCNC(=O)c1cncc(-c2cccnc2)c1)NC(=O)c1cncc(-c2cccnc2)c1. The standard InChI is InChI=1S/C69H74N16O8/c1-46(2)62(86)78-28-13-29-82-68(92)60(85-69(93)61(84-66(90)58-33-54(41-77-45-58)50-17-12-24-73-37-50)20-5-7-26-80-64(88)56-31-52(39-75-43-56)48-15-10-22-71-35-48)19-4-8-27-81-67(91)59(83-65(89)57-32-53(40-76-44-57)49-16-11-23-72-36-49)18-3-6-25-79-63(87)55-30-51(38-74-42-55)47-14-9-21-70-34-47/h9-12,14-17,21-24,30-45,59-61H,1,3-8,13,18-20,25-29H2,2H3,(H,78,86)(H,79,87)(H,80,88)(H,81,91)(H,82,92)(H,83,89)(H,84,90)(H,85,93). The van der Waals surface area contributed by atoms with Gasteiger partial charge in [0.15, 0.2) is 0 Å². The highest BCUT2D eigenvalue weighted by atomic mass is 16.2. The van der Waals surface area contributed by atoms with Crippen LogP contribution < -0.4 is 42.5 Å². The van der Waals surface area contributed by atoms with Gasteiger partial charge in [-0.1, -0.05) is 30.8 Å². The third kappa shape index (κ3) is 21.4. The minimum absolute atomic E-state index is 0.108. The first-order chi connectivity index (χ1) is 45.3. The zero-order valence-electron chi connectivity index (χ0n) is 51.6. The number of nitrogens with zero attached hydrogens (tertiary/aromatic N) is 8. The van der Waals surface area contributed by atoms with E-state index < -0.39 is 47.7 Å². The molecule has 0 radical (unpaired) electrons. The molecule has 0 aliphatic carbocycles. The number of unbranched alkanes of at least 4 members (excludes halogenated alkanes) is 3. The van der Waals surface area contributed by atoms with Gasteiger partial charge in [-0.15, -0.1) is 0 Å². The number of nitrogens with one attached hydrogen (secondary N) is 8. The van der Waals surface area contributed by atoms with Crippen LogP contribution >= 0.6 is 0 Å². The maximum absolute atomic E-state index is 14.6. The van der Waals surface area contributed by atoms with Crippen LogP contribution in [0.3, 0.4) is 0 Å². The average Bonchev–Trinajstić information content (AvgIpc) is 1.58. The number of rotatable bonds is 34. The van der Waals surface area contributed by atoms with E-state index >= 15 is 0 Å². The van der Waals surface area contributed by atoms with Gasteiger partial charge in [-0.25, -0.2) is 0 Å². The van der Waals surface area contributed by atoms with Crippen molar-refractivity contribution in [1.29, 1.82) is 0 Å². The van der Waals surface area contributed by atoms with E-state index in [4.69, 9.17) is 0 Å². The molecule has 8 amide bonds. The molecular weight excluding hydrogens is 1180 g/mol. The van der Waals surface area contributed by atoms with Gasteiger partial charge in [0.2, 0.25) is 23.6 Å². The average molecular weight is 1260 g/mol. The molecular formula is C69H74N16O8. The lowest BCUT2D eigenvalue weighted by Crippen LogP contribution is -2.54. The first kappa shape index (κ1) is 67.6. The minimum atomic E-state index is -1.16. The molecule has 0 fully saturated rings. The Kier molecular flexibility index (Phi) is 26.0. The van der Waals surface area contributed by atoms with E-state index in [0.29, 0.717) is 72.8 Å². The number of hydrogen-bond acceptors (Lipinski definition) is 16. The molecule has 24 heteroatoms. The molecule has 8 aromatic heterocycles. The highest BCUT2D eigenvalue weighted by molar-refractivity contribution is 6.00. The van der Waals surface area contributed by atoms with Crippen LogP contribution in [-0.4, -0.2) is 138 Å². The molecule has 24 nitrogen and oxygen atoms in total. The fourth-order valence-electron chi connectivity index (χ4n) is 9.72. The summed E-state index contributed by atoms with van der Waals surface area (Å²) in [5, 5.41) is 23.0. The lowest BCUT2D eigenvalue weighted by atomic mass is 10.0. The van der Waals surface area contributed by atoms with Gasteiger partial charge >= 0.3 is 0 Å². The molecule has 0 aliphatic heterocycles. The Morgan fingerprint density at radius 3 is 0.978 bits per heavy atom. The molecule has 8 heterocycles. The molecule has 478 valence electrons. The van der Waals surface area contributed by atoms with E-state index in [-0.39, 0.29) is 80.8 Å². The number of carbonyl (C=O) groups excluding carboxylic acids is 8. The summed E-state index contributed by atoms with van der Waals surface area (Å²) >= 11 is 0. The van der Waals surface area contributed by atoms with Crippen molar-refractivity contribution >= 4 is 47.3 Å².